The summed E-state index contributed by atoms with van der Waals surface area (Å²) in [6.07, 6.45) is 2.88. The predicted octanol–water partition coefficient (Wildman–Crippen LogP) is -4.42. The molecule has 24 valence electrons. The summed E-state index contributed by atoms with van der Waals surface area (Å²) in [6.45, 7) is 0. The molecule has 0 amide bonds. The van der Waals surface area contributed by atoms with E-state index in [4.69, 9.17) is 10.5 Å². The monoisotopic (exact) mass is 90.0 g/mol. The number of nitrogens with one attached hydrogen (secondary N) is 1. The van der Waals surface area contributed by atoms with Gasteiger partial charge in [-0.05, 0) is 0 Å². The summed E-state index contributed by atoms with van der Waals surface area (Å²) >= 11 is 0. The Morgan fingerprint density at radius 3 is 2.17 bits per heavy atom. The van der Waals surface area contributed by atoms with Crippen LogP contribution in [0, 0.1) is 17.6 Å². The first-order valence-corrected chi connectivity index (χ1v) is 0.921. The Morgan fingerprint density at radius 2 is 2.17 bits per heavy atom. The summed E-state index contributed by atoms with van der Waals surface area (Å²) in [5.74, 6) is 0. The fourth-order valence-corrected chi connectivity index (χ4v) is 0.0250. The van der Waals surface area contributed by atoms with Crippen LogP contribution in [-0.2, 0) is 0 Å². The second-order valence-electron chi connectivity index (χ2n) is 0.324. The van der Waals surface area contributed by atoms with E-state index in [0.717, 1.165) is 0 Å². The molecule has 0 bridgehead atoms. The molecule has 0 saturated carbocycles. The second-order valence-corrected chi connectivity index (χ2v) is 0.324. The average molecular weight is 90.0 g/mol. The van der Waals surface area contributed by atoms with Crippen LogP contribution in [0.4, 0.5) is 0 Å². The van der Waals surface area contributed by atoms with Gasteiger partial charge in [-0.3, -0.25) is 0 Å². The van der Waals surface area contributed by atoms with Crippen molar-refractivity contribution in [1.82, 2.24) is 0 Å². The second kappa shape index (κ2) is 8.84. The molecule has 0 aliphatic carbocycles. The van der Waals surface area contributed by atoms with Gasteiger partial charge in [0.15, 0.2) is 6.19 Å². The summed E-state index contributed by atoms with van der Waals surface area (Å²) in [4.78, 5) is 0. The third kappa shape index (κ3) is 9.22. The number of rotatable bonds is 0. The van der Waals surface area contributed by atoms with Gasteiger partial charge in [0, 0.05) is 0 Å². The molecule has 0 aliphatic heterocycles. The van der Waals surface area contributed by atoms with Gasteiger partial charge in [-0.15, -0.1) is 0 Å². The van der Waals surface area contributed by atoms with Crippen molar-refractivity contribution < 1.29 is 34.8 Å². The van der Waals surface area contributed by atoms with Crippen molar-refractivity contribution in [2.75, 3.05) is 0 Å². The Kier molecular flexibility index (Phi) is 13.6. The predicted molar refractivity (Wildman–Crippen MR) is 13.8 cm³/mol. The van der Waals surface area contributed by atoms with Crippen LogP contribution in [0.25, 0.3) is 5.32 Å². The number of nitriles is 1. The van der Waals surface area contributed by atoms with Gasteiger partial charge >= 0.3 is 29.6 Å². The molecule has 0 heterocycles. The molecular weight excluding hydrogens is 89.0 g/mol. The quantitative estimate of drug-likeness (QED) is 0.237. The van der Waals surface area contributed by atoms with Gasteiger partial charge in [-0.1, -0.05) is 5.32 Å². The maximum absolute atomic E-state index is 7.47. The van der Waals surface area contributed by atoms with Crippen LogP contribution in [-0.4, -0.2) is 0 Å². The first kappa shape index (κ1) is 9.24. The number of hydrogen-bond acceptors (Lipinski definition) is 1. The molecule has 0 rings (SSSR count). The maximum Gasteiger partial charge on any atom is 1.00 e. The molecule has 0 unspecified atom stereocenters. The standard InChI is InChI=1S/C2N3.Na/c3-1-5-2-4;/q-1;+1/p+1. The Balaban J connectivity index is 0. The largest absolute Gasteiger partial charge is 1.00 e. The van der Waals surface area contributed by atoms with Crippen molar-refractivity contribution in [2.24, 2.45) is 0 Å². The van der Waals surface area contributed by atoms with Gasteiger partial charge in [0.25, 0.3) is 0 Å². The zero-order chi connectivity index (χ0) is 4.12. The van der Waals surface area contributed by atoms with Crippen LogP contribution in [0.1, 0.15) is 0 Å². The van der Waals surface area contributed by atoms with Gasteiger partial charge in [-0.25, -0.2) is 0 Å². The minimum absolute atomic E-state index is 0. The summed E-state index contributed by atoms with van der Waals surface area (Å²) < 4.78 is 0. The van der Waals surface area contributed by atoms with Gasteiger partial charge in [0.2, 0.25) is 6.19 Å². The minimum atomic E-state index is 0. The molecule has 0 radical (unpaired) electrons. The van der Waals surface area contributed by atoms with E-state index in [1.54, 1.807) is 0 Å². The van der Waals surface area contributed by atoms with Gasteiger partial charge < -0.3 is 5.26 Å². The van der Waals surface area contributed by atoms with E-state index in [2.05, 4.69) is 5.32 Å². The van der Waals surface area contributed by atoms with E-state index in [9.17, 15) is 0 Å². The first-order chi connectivity index (χ1) is 2.41. The van der Waals surface area contributed by atoms with Crippen LogP contribution in [0.5, 0.6) is 0 Å². The van der Waals surface area contributed by atoms with Gasteiger partial charge in [-0.2, -0.15) is 5.26 Å². The molecule has 0 aliphatic rings. The average Bonchev–Trinajstić information content (AvgIpc) is 1.41. The normalized spacial score (nSPS) is 3.00. The van der Waals surface area contributed by atoms with Crippen molar-refractivity contribution >= 4 is 0 Å². The zero-order valence-electron chi connectivity index (χ0n) is 3.39. The Labute approximate surface area is 57.9 Å². The topological polar surface area (TPSA) is 61.7 Å². The fourth-order valence-electron chi connectivity index (χ4n) is 0.0250. The van der Waals surface area contributed by atoms with E-state index in [1.165, 1.54) is 12.4 Å². The van der Waals surface area contributed by atoms with Crippen LogP contribution >= 0.6 is 0 Å². The van der Waals surface area contributed by atoms with Crippen LogP contribution in [0.3, 0.4) is 0 Å². The van der Waals surface area contributed by atoms with Crippen LogP contribution in [0.15, 0.2) is 0 Å². The smallest absolute Gasteiger partial charge is 0.397 e. The summed E-state index contributed by atoms with van der Waals surface area (Å²) in [5, 5.41) is 16.1. The van der Waals surface area contributed by atoms with Crippen molar-refractivity contribution in [3.05, 3.63) is 5.32 Å². The van der Waals surface area contributed by atoms with Gasteiger partial charge in [0.1, 0.15) is 0 Å². The molecule has 4 heteroatoms. The van der Waals surface area contributed by atoms with Crippen molar-refractivity contribution in [2.45, 2.75) is 0 Å². The van der Waals surface area contributed by atoms with E-state index < -0.39 is 0 Å². The number of nitrogens with zero attached hydrogens (tertiary/aromatic N) is 2. The number of hydrogen-bond donors (Lipinski definition) is 1. The van der Waals surface area contributed by atoms with Gasteiger partial charge in [0.05, 0.1) is 0 Å². The molecule has 0 aromatic heterocycles. The minimum Gasteiger partial charge on any atom is -0.397 e. The summed E-state index contributed by atoms with van der Waals surface area (Å²) in [5.41, 5.74) is 0. The van der Waals surface area contributed by atoms with E-state index in [0.29, 0.717) is 0 Å². The fraction of sp³-hybridized carbons (Fsp3) is 0. The molecule has 0 atom stereocenters. The summed E-state index contributed by atoms with van der Waals surface area (Å²) in [6, 6.07) is 0. The van der Waals surface area contributed by atoms with Crippen molar-refractivity contribution in [3.8, 4) is 12.4 Å². The molecular formula is C2HN3Na+. The molecule has 0 aromatic carbocycles. The zero-order valence-corrected chi connectivity index (χ0v) is 5.39. The Hall–Kier alpha value is -0.220. The molecule has 0 spiro atoms. The van der Waals surface area contributed by atoms with E-state index >= 15 is 0 Å². The Morgan fingerprint density at radius 1 is 1.67 bits per heavy atom. The van der Waals surface area contributed by atoms with Crippen LogP contribution < -0.4 is 34.8 Å². The van der Waals surface area contributed by atoms with Crippen molar-refractivity contribution in [1.29, 1.82) is 5.26 Å². The molecule has 3 nitrogen and oxygen atoms in total. The third-order valence-corrected chi connectivity index (χ3v) is 0.106. The van der Waals surface area contributed by atoms with Crippen LogP contribution in [0.2, 0.25) is 0 Å². The SMILES string of the molecule is N#C[N-]C#[NH+].[Na+]. The summed E-state index contributed by atoms with van der Waals surface area (Å²) in [7, 11) is 0. The molecule has 0 aromatic rings. The van der Waals surface area contributed by atoms with E-state index in [-0.39, 0.29) is 29.6 Å². The first-order valence-electron chi connectivity index (χ1n) is 0.921. The molecule has 0 saturated heterocycles. The van der Waals surface area contributed by atoms with Crippen molar-refractivity contribution in [3.63, 3.8) is 0 Å². The third-order valence-electron chi connectivity index (χ3n) is 0.106. The Bertz CT molecular complexity index is 73.9. The molecule has 1 N–H and O–H groups in total. The maximum atomic E-state index is 7.47. The van der Waals surface area contributed by atoms with E-state index in [1.807, 2.05) is 0 Å². The molecule has 6 heavy (non-hydrogen) atoms. The molecule has 0 fully saturated rings.